The lowest BCUT2D eigenvalue weighted by Crippen LogP contribution is -2.54. The average molecular weight is 461 g/mol. The van der Waals surface area contributed by atoms with E-state index in [1.165, 1.54) is 0 Å². The first-order valence-corrected chi connectivity index (χ1v) is 9.18. The van der Waals surface area contributed by atoms with Crippen LogP contribution in [-0.4, -0.2) is 88.1 Å². The van der Waals surface area contributed by atoms with Crippen LogP contribution >= 0.6 is 0 Å². The zero-order valence-corrected chi connectivity index (χ0v) is 16.9. The molecule has 0 aliphatic heterocycles. The topological polar surface area (TPSA) is 290 Å². The van der Waals surface area contributed by atoms with Crippen molar-refractivity contribution < 1.29 is 44.1 Å². The van der Waals surface area contributed by atoms with E-state index >= 15 is 0 Å². The molecule has 0 fully saturated rings. The second kappa shape index (κ2) is 14.1. The Bertz CT molecular complexity index is 752. The first-order valence-electron chi connectivity index (χ1n) is 9.18. The summed E-state index contributed by atoms with van der Waals surface area (Å²) in [6.07, 6.45) is -1.43. The van der Waals surface area contributed by atoms with Gasteiger partial charge in [0.05, 0.1) is 25.4 Å². The number of rotatable bonds is 15. The van der Waals surface area contributed by atoms with Crippen molar-refractivity contribution in [3.8, 4) is 0 Å². The third-order valence-corrected chi connectivity index (χ3v) is 3.74. The molecule has 0 spiro atoms. The van der Waals surface area contributed by atoms with Crippen molar-refractivity contribution in [3.05, 3.63) is 0 Å². The van der Waals surface area contributed by atoms with E-state index in [9.17, 15) is 28.8 Å². The van der Waals surface area contributed by atoms with Gasteiger partial charge in [-0.3, -0.25) is 29.0 Å². The van der Waals surface area contributed by atoms with Crippen LogP contribution in [0.1, 0.15) is 25.7 Å². The number of carbonyl (C=O) groups is 6. The summed E-state index contributed by atoms with van der Waals surface area (Å²) in [4.78, 5) is 72.4. The summed E-state index contributed by atoms with van der Waals surface area (Å²) in [6.45, 7) is -0.568. The van der Waals surface area contributed by atoms with Crippen LogP contribution in [0.4, 0.5) is 0 Å². The van der Waals surface area contributed by atoms with Crippen LogP contribution in [0.5, 0.6) is 0 Å². The smallest absolute Gasteiger partial charge is 0.326 e. The molecule has 0 saturated carbocycles. The number of carbonyl (C=O) groups excluding carboxylic acids is 3. The highest BCUT2D eigenvalue weighted by Crippen LogP contribution is 2.02. The Balaban J connectivity index is 5.08. The van der Waals surface area contributed by atoms with E-state index in [1.807, 2.05) is 5.32 Å². The lowest BCUT2D eigenvalue weighted by Gasteiger charge is -2.21. The Hall–Kier alpha value is -3.95. The highest BCUT2D eigenvalue weighted by molar-refractivity contribution is 5.93. The Labute approximate surface area is 181 Å². The fraction of sp³-hybridized carbons (Fsp3) is 0.562. The number of aliphatic imine (C=N–C) groups is 1. The zero-order chi connectivity index (χ0) is 24.8. The number of carboxylic acid groups (broad SMARTS) is 3. The summed E-state index contributed by atoms with van der Waals surface area (Å²) >= 11 is 0. The molecule has 0 aliphatic carbocycles. The number of amides is 3. The predicted molar refractivity (Wildman–Crippen MR) is 107 cm³/mol. The average Bonchev–Trinajstić information content (AvgIpc) is 2.66. The molecule has 180 valence electrons. The molecule has 12 N–H and O–H groups in total. The minimum absolute atomic E-state index is 0.0553. The lowest BCUT2D eigenvalue weighted by molar-refractivity contribution is -0.147. The minimum atomic E-state index is -1.74. The van der Waals surface area contributed by atoms with E-state index in [1.54, 1.807) is 0 Å². The quantitative estimate of drug-likeness (QED) is 0.0633. The van der Waals surface area contributed by atoms with Crippen molar-refractivity contribution in [1.82, 2.24) is 16.0 Å². The molecule has 32 heavy (non-hydrogen) atoms. The third-order valence-electron chi connectivity index (χ3n) is 3.74. The van der Waals surface area contributed by atoms with Crippen LogP contribution in [0.3, 0.4) is 0 Å². The van der Waals surface area contributed by atoms with Crippen LogP contribution in [-0.2, 0) is 28.8 Å². The second-order valence-electron chi connectivity index (χ2n) is 6.49. The first-order chi connectivity index (χ1) is 14.8. The van der Waals surface area contributed by atoms with Crippen molar-refractivity contribution in [1.29, 1.82) is 0 Å². The van der Waals surface area contributed by atoms with Crippen molar-refractivity contribution in [2.45, 2.75) is 43.8 Å². The maximum absolute atomic E-state index is 12.4. The van der Waals surface area contributed by atoms with Crippen LogP contribution < -0.4 is 33.2 Å². The fourth-order valence-electron chi connectivity index (χ4n) is 2.24. The van der Waals surface area contributed by atoms with Gasteiger partial charge < -0.3 is 48.5 Å². The predicted octanol–water partition coefficient (Wildman–Crippen LogP) is -4.51. The largest absolute Gasteiger partial charge is 0.481 e. The molecule has 16 heteroatoms. The molecule has 16 nitrogen and oxygen atoms in total. The maximum atomic E-state index is 12.4. The number of carboxylic acids is 3. The van der Waals surface area contributed by atoms with Crippen molar-refractivity contribution in [2.24, 2.45) is 22.2 Å². The molecule has 0 heterocycles. The number of nitrogens with one attached hydrogen (secondary N) is 3. The Morgan fingerprint density at radius 3 is 1.94 bits per heavy atom. The molecule has 0 aromatic heterocycles. The van der Waals surface area contributed by atoms with E-state index in [2.05, 4.69) is 15.6 Å². The Kier molecular flexibility index (Phi) is 12.4. The Morgan fingerprint density at radius 1 is 0.844 bits per heavy atom. The molecule has 3 unspecified atom stereocenters. The van der Waals surface area contributed by atoms with Crippen molar-refractivity contribution in [2.75, 3.05) is 13.1 Å². The molecule has 0 aromatic carbocycles. The molecular formula is C16H27N7O9. The SMILES string of the molecule is NC(N)=NCCCC(NC(=O)CNC(=O)C(N)CC(=O)O)C(=O)NC(CC(=O)O)C(=O)O. The molecule has 3 amide bonds. The van der Waals surface area contributed by atoms with E-state index < -0.39 is 73.1 Å². The van der Waals surface area contributed by atoms with Gasteiger partial charge in [0, 0.05) is 6.54 Å². The number of nitrogens with two attached hydrogens (primary N) is 3. The van der Waals surface area contributed by atoms with Gasteiger partial charge in [0.1, 0.15) is 12.1 Å². The normalized spacial score (nSPS) is 13.0. The van der Waals surface area contributed by atoms with Crippen LogP contribution in [0.15, 0.2) is 4.99 Å². The van der Waals surface area contributed by atoms with Crippen LogP contribution in [0, 0.1) is 0 Å². The van der Waals surface area contributed by atoms with Gasteiger partial charge in [0.25, 0.3) is 0 Å². The van der Waals surface area contributed by atoms with Gasteiger partial charge >= 0.3 is 17.9 Å². The van der Waals surface area contributed by atoms with Gasteiger partial charge in [0.2, 0.25) is 17.7 Å². The molecule has 0 rings (SSSR count). The molecule has 3 atom stereocenters. The highest BCUT2D eigenvalue weighted by atomic mass is 16.4. The summed E-state index contributed by atoms with van der Waals surface area (Å²) in [7, 11) is 0. The van der Waals surface area contributed by atoms with E-state index in [4.69, 9.17) is 32.5 Å². The molecule has 0 saturated heterocycles. The molecule has 0 bridgehead atoms. The fourth-order valence-corrected chi connectivity index (χ4v) is 2.24. The summed E-state index contributed by atoms with van der Waals surface area (Å²) in [5.74, 6) is -7.34. The number of guanidine groups is 1. The van der Waals surface area contributed by atoms with Gasteiger partial charge in [-0.2, -0.15) is 0 Å². The standard InChI is InChI=1S/C16H27N7O9/c17-7(4-11(25)26)13(29)21-6-10(24)22-8(2-1-3-20-16(18)19)14(30)23-9(15(31)32)5-12(27)28/h7-9H,1-6,17H2,(H,21,29)(H,22,24)(H,23,30)(H,25,26)(H,27,28)(H,31,32)(H4,18,19,20). The van der Waals surface area contributed by atoms with Crippen LogP contribution in [0.25, 0.3) is 0 Å². The monoisotopic (exact) mass is 461 g/mol. The van der Waals surface area contributed by atoms with Gasteiger partial charge in [-0.05, 0) is 12.8 Å². The molecule has 0 radical (unpaired) electrons. The number of hydrogen-bond donors (Lipinski definition) is 9. The first kappa shape index (κ1) is 28.0. The van der Waals surface area contributed by atoms with E-state index in [0.29, 0.717) is 0 Å². The molecule has 0 aromatic rings. The van der Waals surface area contributed by atoms with E-state index in [-0.39, 0.29) is 25.3 Å². The molecular weight excluding hydrogens is 434 g/mol. The number of aliphatic carboxylic acids is 3. The summed E-state index contributed by atoms with van der Waals surface area (Å²) in [5, 5.41) is 32.8. The van der Waals surface area contributed by atoms with Crippen molar-refractivity contribution in [3.63, 3.8) is 0 Å². The number of hydrogen-bond acceptors (Lipinski definition) is 8. The second-order valence-corrected chi connectivity index (χ2v) is 6.49. The maximum Gasteiger partial charge on any atom is 0.326 e. The molecule has 0 aliphatic rings. The van der Waals surface area contributed by atoms with Gasteiger partial charge in [-0.25, -0.2) is 4.79 Å². The highest BCUT2D eigenvalue weighted by Gasteiger charge is 2.28. The van der Waals surface area contributed by atoms with Gasteiger partial charge in [-0.1, -0.05) is 0 Å². The minimum Gasteiger partial charge on any atom is -0.481 e. The third kappa shape index (κ3) is 12.6. The number of nitrogens with zero attached hydrogens (tertiary/aromatic N) is 1. The zero-order valence-electron chi connectivity index (χ0n) is 16.9. The van der Waals surface area contributed by atoms with Crippen molar-refractivity contribution >= 4 is 41.6 Å². The summed E-state index contributed by atoms with van der Waals surface area (Å²) < 4.78 is 0. The summed E-state index contributed by atoms with van der Waals surface area (Å²) in [6, 6.07) is -4.45. The van der Waals surface area contributed by atoms with Gasteiger partial charge in [0.15, 0.2) is 5.96 Å². The lowest BCUT2D eigenvalue weighted by atomic mass is 10.1. The Morgan fingerprint density at radius 2 is 1.44 bits per heavy atom. The van der Waals surface area contributed by atoms with Gasteiger partial charge in [-0.15, -0.1) is 0 Å². The summed E-state index contributed by atoms with van der Waals surface area (Å²) in [5.41, 5.74) is 15.7. The van der Waals surface area contributed by atoms with Crippen LogP contribution in [0.2, 0.25) is 0 Å². The van der Waals surface area contributed by atoms with E-state index in [0.717, 1.165) is 0 Å².